The van der Waals surface area contributed by atoms with Crippen molar-refractivity contribution in [2.45, 2.75) is 51.1 Å². The number of carbonyl (C=O) groups is 1. The predicted octanol–water partition coefficient (Wildman–Crippen LogP) is 3.19. The van der Waals surface area contributed by atoms with Crippen LogP contribution in [0.1, 0.15) is 50.6 Å². The van der Waals surface area contributed by atoms with Crippen LogP contribution in [0.25, 0.3) is 0 Å². The minimum atomic E-state index is 0. The van der Waals surface area contributed by atoms with E-state index in [0.29, 0.717) is 12.3 Å². The smallest absolute Gasteiger partial charge is 0.220 e. The number of hydrogen-bond donors (Lipinski definition) is 2. The van der Waals surface area contributed by atoms with Crippen LogP contribution in [0.5, 0.6) is 0 Å². The number of rotatable bonds is 5. The fourth-order valence-electron chi connectivity index (χ4n) is 2.92. The van der Waals surface area contributed by atoms with E-state index in [1.165, 1.54) is 5.56 Å². The van der Waals surface area contributed by atoms with E-state index < -0.39 is 0 Å². The van der Waals surface area contributed by atoms with E-state index in [2.05, 4.69) is 24.4 Å². The Morgan fingerprint density at radius 3 is 2.60 bits per heavy atom. The molecule has 2 rings (SSSR count). The lowest BCUT2D eigenvalue weighted by Crippen LogP contribution is -2.33. The topological polar surface area (TPSA) is 55.1 Å². The Hall–Kier alpha value is -1.06. The lowest BCUT2D eigenvalue weighted by atomic mass is 9.98. The molecule has 1 amide bonds. The first-order valence-electron chi connectivity index (χ1n) is 7.30. The number of amides is 1. The van der Waals surface area contributed by atoms with E-state index in [4.69, 9.17) is 5.73 Å². The van der Waals surface area contributed by atoms with E-state index in [9.17, 15) is 4.79 Å². The molecular formula is C16H25ClN2O. The number of carbonyl (C=O) groups excluding carboxylic acids is 1. The second-order valence-electron chi connectivity index (χ2n) is 5.50. The van der Waals surface area contributed by atoms with Crippen LogP contribution in [0.2, 0.25) is 0 Å². The van der Waals surface area contributed by atoms with Crippen molar-refractivity contribution in [2.75, 3.05) is 0 Å². The molecule has 1 aromatic carbocycles. The molecule has 1 aliphatic rings. The molecule has 1 aliphatic carbocycles. The zero-order valence-corrected chi connectivity index (χ0v) is 12.9. The molecule has 112 valence electrons. The Bertz CT molecular complexity index is 410. The van der Waals surface area contributed by atoms with Gasteiger partial charge in [-0.25, -0.2) is 0 Å². The maximum atomic E-state index is 12.1. The third-order valence-corrected chi connectivity index (χ3v) is 4.11. The maximum absolute atomic E-state index is 12.1. The average Bonchev–Trinajstić information content (AvgIpc) is 2.82. The van der Waals surface area contributed by atoms with Crippen molar-refractivity contribution < 1.29 is 4.79 Å². The minimum absolute atomic E-state index is 0. The normalized spacial score (nSPS) is 22.9. The molecule has 0 heterocycles. The fraction of sp³-hybridized carbons (Fsp3) is 0.562. The standard InChI is InChI=1S/C16H24N2O.ClH/c1-2-15(12-7-4-3-5-8-12)18-16(19)11-13-9-6-10-14(13)17;/h3-5,7-8,13-15H,2,6,9-11,17H2,1H3,(H,18,19);1H/t13-,14+,15?;/m0./s1. The SMILES string of the molecule is CCC(NC(=O)C[C@@H]1CCC[C@H]1N)c1ccccc1.Cl. The molecule has 0 bridgehead atoms. The van der Waals surface area contributed by atoms with Crippen molar-refractivity contribution in [3.05, 3.63) is 35.9 Å². The van der Waals surface area contributed by atoms with Crippen LogP contribution >= 0.6 is 12.4 Å². The van der Waals surface area contributed by atoms with Crippen LogP contribution in [-0.4, -0.2) is 11.9 Å². The van der Waals surface area contributed by atoms with Gasteiger partial charge in [-0.1, -0.05) is 43.7 Å². The summed E-state index contributed by atoms with van der Waals surface area (Å²) in [5, 5.41) is 3.14. The quantitative estimate of drug-likeness (QED) is 0.877. The molecule has 1 aromatic rings. The molecule has 0 radical (unpaired) electrons. The molecule has 0 aromatic heterocycles. The molecule has 3 N–H and O–H groups in total. The van der Waals surface area contributed by atoms with E-state index in [-0.39, 0.29) is 30.4 Å². The van der Waals surface area contributed by atoms with Crippen molar-refractivity contribution in [1.82, 2.24) is 5.32 Å². The predicted molar refractivity (Wildman–Crippen MR) is 84.8 cm³/mol. The Labute approximate surface area is 127 Å². The largest absolute Gasteiger partial charge is 0.349 e. The monoisotopic (exact) mass is 296 g/mol. The number of benzene rings is 1. The van der Waals surface area contributed by atoms with Gasteiger partial charge in [-0.05, 0) is 30.7 Å². The molecule has 1 unspecified atom stereocenters. The average molecular weight is 297 g/mol. The van der Waals surface area contributed by atoms with E-state index in [1.807, 2.05) is 18.2 Å². The molecule has 1 fully saturated rings. The van der Waals surface area contributed by atoms with Crippen molar-refractivity contribution >= 4 is 18.3 Å². The van der Waals surface area contributed by atoms with Gasteiger partial charge in [-0.15, -0.1) is 12.4 Å². The van der Waals surface area contributed by atoms with E-state index in [1.54, 1.807) is 0 Å². The van der Waals surface area contributed by atoms with Gasteiger partial charge in [-0.3, -0.25) is 4.79 Å². The molecule has 0 spiro atoms. The molecule has 0 saturated heterocycles. The van der Waals surface area contributed by atoms with Crippen LogP contribution < -0.4 is 11.1 Å². The van der Waals surface area contributed by atoms with Gasteiger partial charge >= 0.3 is 0 Å². The zero-order chi connectivity index (χ0) is 13.7. The highest BCUT2D eigenvalue weighted by Gasteiger charge is 2.26. The van der Waals surface area contributed by atoms with Gasteiger partial charge in [0.25, 0.3) is 0 Å². The lowest BCUT2D eigenvalue weighted by molar-refractivity contribution is -0.122. The molecule has 3 nitrogen and oxygen atoms in total. The molecular weight excluding hydrogens is 272 g/mol. The van der Waals surface area contributed by atoms with Crippen LogP contribution in [0, 0.1) is 5.92 Å². The van der Waals surface area contributed by atoms with Gasteiger partial charge in [0.1, 0.15) is 0 Å². The highest BCUT2D eigenvalue weighted by atomic mass is 35.5. The van der Waals surface area contributed by atoms with Crippen LogP contribution in [0.3, 0.4) is 0 Å². The van der Waals surface area contributed by atoms with Crippen LogP contribution in [0.15, 0.2) is 30.3 Å². The van der Waals surface area contributed by atoms with E-state index in [0.717, 1.165) is 25.7 Å². The highest BCUT2D eigenvalue weighted by Crippen LogP contribution is 2.27. The summed E-state index contributed by atoms with van der Waals surface area (Å²) in [4.78, 5) is 12.1. The first kappa shape index (κ1) is 17.0. The summed E-state index contributed by atoms with van der Waals surface area (Å²) in [5.74, 6) is 0.506. The number of nitrogens with two attached hydrogens (primary N) is 1. The summed E-state index contributed by atoms with van der Waals surface area (Å²) in [6.45, 7) is 2.10. The first-order valence-corrected chi connectivity index (χ1v) is 7.30. The van der Waals surface area contributed by atoms with Gasteiger partial charge in [-0.2, -0.15) is 0 Å². The Kier molecular flexibility index (Phi) is 7.03. The Morgan fingerprint density at radius 2 is 2.05 bits per heavy atom. The first-order chi connectivity index (χ1) is 9.20. The summed E-state index contributed by atoms with van der Waals surface area (Å²) >= 11 is 0. The third kappa shape index (κ3) is 4.50. The molecule has 4 heteroatoms. The Balaban J connectivity index is 0.00000200. The summed E-state index contributed by atoms with van der Waals surface area (Å²) in [7, 11) is 0. The summed E-state index contributed by atoms with van der Waals surface area (Å²) in [6, 6.07) is 10.5. The number of hydrogen-bond acceptors (Lipinski definition) is 2. The lowest BCUT2D eigenvalue weighted by Gasteiger charge is -2.20. The van der Waals surface area contributed by atoms with Crippen molar-refractivity contribution in [1.29, 1.82) is 0 Å². The summed E-state index contributed by atoms with van der Waals surface area (Å²) in [6.07, 6.45) is 4.80. The van der Waals surface area contributed by atoms with Crippen LogP contribution in [0.4, 0.5) is 0 Å². The second-order valence-corrected chi connectivity index (χ2v) is 5.50. The van der Waals surface area contributed by atoms with Gasteiger partial charge in [0.15, 0.2) is 0 Å². The third-order valence-electron chi connectivity index (χ3n) is 4.11. The number of nitrogens with one attached hydrogen (secondary N) is 1. The second kappa shape index (κ2) is 8.28. The van der Waals surface area contributed by atoms with Crippen molar-refractivity contribution in [2.24, 2.45) is 11.7 Å². The van der Waals surface area contributed by atoms with Gasteiger partial charge in [0, 0.05) is 12.5 Å². The van der Waals surface area contributed by atoms with Gasteiger partial charge in [0.05, 0.1) is 6.04 Å². The zero-order valence-electron chi connectivity index (χ0n) is 12.0. The molecule has 0 aliphatic heterocycles. The maximum Gasteiger partial charge on any atom is 0.220 e. The van der Waals surface area contributed by atoms with Crippen molar-refractivity contribution in [3.63, 3.8) is 0 Å². The molecule has 20 heavy (non-hydrogen) atoms. The minimum Gasteiger partial charge on any atom is -0.349 e. The summed E-state index contributed by atoms with van der Waals surface area (Å²) in [5.41, 5.74) is 7.20. The fourth-order valence-corrected chi connectivity index (χ4v) is 2.92. The van der Waals surface area contributed by atoms with Gasteiger partial charge < -0.3 is 11.1 Å². The van der Waals surface area contributed by atoms with E-state index >= 15 is 0 Å². The van der Waals surface area contributed by atoms with Gasteiger partial charge in [0.2, 0.25) is 5.91 Å². The molecule has 1 saturated carbocycles. The Morgan fingerprint density at radius 1 is 1.35 bits per heavy atom. The highest BCUT2D eigenvalue weighted by molar-refractivity contribution is 5.85. The molecule has 3 atom stereocenters. The number of halogens is 1. The summed E-state index contributed by atoms with van der Waals surface area (Å²) < 4.78 is 0. The van der Waals surface area contributed by atoms with Crippen LogP contribution in [-0.2, 0) is 4.79 Å². The van der Waals surface area contributed by atoms with Crippen molar-refractivity contribution in [3.8, 4) is 0 Å².